The van der Waals surface area contributed by atoms with Crippen molar-refractivity contribution in [1.29, 1.82) is 0 Å². The zero-order valence-electron chi connectivity index (χ0n) is 24.5. The summed E-state index contributed by atoms with van der Waals surface area (Å²) in [6, 6.07) is 24.3. The molecule has 4 rings (SSSR count). The summed E-state index contributed by atoms with van der Waals surface area (Å²) in [5.41, 5.74) is 27.7. The molecule has 0 saturated carbocycles. The van der Waals surface area contributed by atoms with Crippen LogP contribution in [-0.2, 0) is 22.6 Å². The lowest BCUT2D eigenvalue weighted by atomic mass is 10.1. The van der Waals surface area contributed by atoms with E-state index in [1.165, 1.54) is 0 Å². The van der Waals surface area contributed by atoms with E-state index >= 15 is 0 Å². The van der Waals surface area contributed by atoms with Crippen molar-refractivity contribution < 1.29 is 28.5 Å². The monoisotopic (exact) mass is 596 g/mol. The summed E-state index contributed by atoms with van der Waals surface area (Å²) in [6.45, 7) is 9.31. The topological polar surface area (TPSA) is 175 Å². The lowest BCUT2D eigenvalue weighted by Crippen LogP contribution is -2.08. The number of esters is 2. The number of ether oxygens (including phenoxy) is 4. The number of rotatable bonds is 11. The molecule has 0 amide bonds. The van der Waals surface area contributed by atoms with Gasteiger partial charge >= 0.3 is 11.9 Å². The van der Waals surface area contributed by atoms with Gasteiger partial charge in [-0.05, 0) is 103 Å². The van der Waals surface area contributed by atoms with Crippen molar-refractivity contribution in [1.82, 2.24) is 0 Å². The molecular formula is C34H36N4O6. The predicted octanol–water partition coefficient (Wildman–Crippen LogP) is 5.48. The standard InChI is InChI=1S/C18H20N2O3.C16H16N2O3/c1-12(2)18(21)23-17-5-3-16(4-6-17)22-8-7-13-9-14(19)11-15(20)10-13;1-2-16(19)21-15-5-3-14(4-6-15)20-10-11-7-12(17)9-13(18)8-11/h3-6,9-11H,1,7-8,19-20H2,2H3;2-9H,1,10,17-18H2. The Balaban J connectivity index is 0.000000241. The molecule has 4 aromatic carbocycles. The summed E-state index contributed by atoms with van der Waals surface area (Å²) in [7, 11) is 0. The van der Waals surface area contributed by atoms with Crippen molar-refractivity contribution in [2.24, 2.45) is 0 Å². The van der Waals surface area contributed by atoms with E-state index in [1.54, 1.807) is 79.7 Å². The fourth-order valence-corrected chi connectivity index (χ4v) is 3.73. The van der Waals surface area contributed by atoms with E-state index < -0.39 is 11.9 Å². The number of hydrogen-bond donors (Lipinski definition) is 4. The van der Waals surface area contributed by atoms with Crippen LogP contribution in [0.5, 0.6) is 23.0 Å². The summed E-state index contributed by atoms with van der Waals surface area (Å²) in [6.07, 6.45) is 1.80. The molecule has 4 aromatic rings. The third-order valence-corrected chi connectivity index (χ3v) is 5.73. The van der Waals surface area contributed by atoms with Gasteiger partial charge in [0, 0.05) is 40.8 Å². The van der Waals surface area contributed by atoms with Crippen molar-refractivity contribution in [3.8, 4) is 23.0 Å². The highest BCUT2D eigenvalue weighted by Gasteiger charge is 2.06. The van der Waals surface area contributed by atoms with Crippen molar-refractivity contribution >= 4 is 34.7 Å². The largest absolute Gasteiger partial charge is 0.493 e. The van der Waals surface area contributed by atoms with Gasteiger partial charge in [-0.25, -0.2) is 9.59 Å². The van der Waals surface area contributed by atoms with E-state index in [9.17, 15) is 9.59 Å². The highest BCUT2D eigenvalue weighted by Crippen LogP contribution is 2.21. The summed E-state index contributed by atoms with van der Waals surface area (Å²) in [5, 5.41) is 0. The van der Waals surface area contributed by atoms with E-state index in [-0.39, 0.29) is 0 Å². The number of hydrogen-bond acceptors (Lipinski definition) is 10. The SMILES string of the molecule is C=C(C)C(=O)Oc1ccc(OCCc2cc(N)cc(N)c2)cc1.C=CC(=O)Oc1ccc(OCc2cc(N)cc(N)c2)cc1. The lowest BCUT2D eigenvalue weighted by Gasteiger charge is -2.09. The first kappa shape index (κ1) is 32.6. The van der Waals surface area contributed by atoms with Gasteiger partial charge in [-0.15, -0.1) is 0 Å². The minimum Gasteiger partial charge on any atom is -0.493 e. The van der Waals surface area contributed by atoms with Crippen LogP contribution in [0, 0.1) is 0 Å². The highest BCUT2D eigenvalue weighted by molar-refractivity contribution is 5.88. The van der Waals surface area contributed by atoms with Crippen LogP contribution < -0.4 is 41.9 Å². The smallest absolute Gasteiger partial charge is 0.338 e. The van der Waals surface area contributed by atoms with Crippen LogP contribution in [0.15, 0.2) is 110 Å². The van der Waals surface area contributed by atoms with Crippen LogP contribution >= 0.6 is 0 Å². The van der Waals surface area contributed by atoms with Crippen LogP contribution in [0.1, 0.15) is 18.1 Å². The molecule has 8 N–H and O–H groups in total. The molecule has 0 aromatic heterocycles. The number of benzene rings is 4. The van der Waals surface area contributed by atoms with Gasteiger partial charge in [-0.2, -0.15) is 0 Å². The Morgan fingerprint density at radius 1 is 0.659 bits per heavy atom. The van der Waals surface area contributed by atoms with E-state index in [1.807, 2.05) is 12.1 Å². The van der Waals surface area contributed by atoms with Crippen LogP contribution in [-0.4, -0.2) is 18.5 Å². The lowest BCUT2D eigenvalue weighted by molar-refractivity contribution is -0.130. The minimum atomic E-state index is -0.501. The van der Waals surface area contributed by atoms with Gasteiger partial charge in [-0.1, -0.05) is 13.2 Å². The number of nitrogens with two attached hydrogens (primary N) is 4. The number of nitrogen functional groups attached to an aromatic ring is 4. The first-order valence-electron chi connectivity index (χ1n) is 13.5. The molecule has 44 heavy (non-hydrogen) atoms. The molecule has 0 fully saturated rings. The maximum absolute atomic E-state index is 11.4. The molecule has 0 atom stereocenters. The summed E-state index contributed by atoms with van der Waals surface area (Å²) < 4.78 is 21.4. The quantitative estimate of drug-likeness (QED) is 0.0751. The Morgan fingerprint density at radius 2 is 1.09 bits per heavy atom. The maximum atomic E-state index is 11.4. The van der Waals surface area contributed by atoms with Gasteiger partial charge in [-0.3, -0.25) is 0 Å². The molecule has 10 nitrogen and oxygen atoms in total. The molecule has 0 saturated heterocycles. The zero-order valence-corrected chi connectivity index (χ0v) is 24.5. The molecule has 0 heterocycles. The van der Waals surface area contributed by atoms with E-state index in [4.69, 9.17) is 41.9 Å². The Morgan fingerprint density at radius 3 is 1.57 bits per heavy atom. The molecular weight excluding hydrogens is 560 g/mol. The van der Waals surface area contributed by atoms with Gasteiger partial charge in [0.1, 0.15) is 29.6 Å². The third-order valence-electron chi connectivity index (χ3n) is 5.73. The number of anilines is 4. The Bertz CT molecular complexity index is 1560. The fraction of sp³-hybridized carbons (Fsp3) is 0.118. The zero-order chi connectivity index (χ0) is 32.1. The van der Waals surface area contributed by atoms with Crippen molar-refractivity contribution in [2.75, 3.05) is 29.5 Å². The minimum absolute atomic E-state index is 0.348. The van der Waals surface area contributed by atoms with Gasteiger partial charge < -0.3 is 41.9 Å². The van der Waals surface area contributed by atoms with Crippen molar-refractivity contribution in [2.45, 2.75) is 20.0 Å². The van der Waals surface area contributed by atoms with Gasteiger partial charge in [0.05, 0.1) is 6.61 Å². The molecule has 0 radical (unpaired) electrons. The molecule has 228 valence electrons. The molecule has 0 bridgehead atoms. The van der Waals surface area contributed by atoms with Gasteiger partial charge in [0.2, 0.25) is 0 Å². The summed E-state index contributed by atoms with van der Waals surface area (Å²) in [5.74, 6) is 1.28. The Labute approximate surface area is 256 Å². The van der Waals surface area contributed by atoms with E-state index in [0.717, 1.165) is 17.2 Å². The second-order valence-corrected chi connectivity index (χ2v) is 9.64. The third kappa shape index (κ3) is 11.2. The molecule has 10 heteroatoms. The predicted molar refractivity (Wildman–Crippen MR) is 173 cm³/mol. The Kier molecular flexibility index (Phi) is 11.8. The molecule has 0 aliphatic heterocycles. The second kappa shape index (κ2) is 15.9. The van der Waals surface area contributed by atoms with Gasteiger partial charge in [0.25, 0.3) is 0 Å². The van der Waals surface area contributed by atoms with E-state index in [0.29, 0.717) is 71.0 Å². The first-order valence-corrected chi connectivity index (χ1v) is 13.5. The first-order chi connectivity index (χ1) is 21.0. The fourth-order valence-electron chi connectivity index (χ4n) is 3.73. The van der Waals surface area contributed by atoms with Crippen molar-refractivity contribution in [3.63, 3.8) is 0 Å². The van der Waals surface area contributed by atoms with Crippen LogP contribution in [0.2, 0.25) is 0 Å². The number of carbonyl (C=O) groups excluding carboxylic acids is 2. The van der Waals surface area contributed by atoms with Crippen molar-refractivity contribution in [3.05, 3.63) is 121 Å². The van der Waals surface area contributed by atoms with Crippen LogP contribution in [0.3, 0.4) is 0 Å². The molecule has 0 spiro atoms. The Hall–Kier alpha value is -5.90. The average molecular weight is 597 g/mol. The summed E-state index contributed by atoms with van der Waals surface area (Å²) >= 11 is 0. The maximum Gasteiger partial charge on any atom is 0.338 e. The second-order valence-electron chi connectivity index (χ2n) is 9.64. The molecule has 0 aliphatic rings. The normalized spacial score (nSPS) is 10.0. The number of carbonyl (C=O) groups is 2. The van der Waals surface area contributed by atoms with Crippen LogP contribution in [0.25, 0.3) is 0 Å². The van der Waals surface area contributed by atoms with E-state index in [2.05, 4.69) is 13.2 Å². The van der Waals surface area contributed by atoms with Gasteiger partial charge in [0.15, 0.2) is 0 Å². The average Bonchev–Trinajstić information content (AvgIpc) is 2.97. The molecule has 0 unspecified atom stereocenters. The summed E-state index contributed by atoms with van der Waals surface area (Å²) in [4.78, 5) is 22.5. The highest BCUT2D eigenvalue weighted by atomic mass is 16.5. The molecule has 0 aliphatic carbocycles. The van der Waals surface area contributed by atoms with Crippen LogP contribution in [0.4, 0.5) is 22.7 Å².